The third kappa shape index (κ3) is 2.19. The molecule has 0 spiro atoms. The lowest BCUT2D eigenvalue weighted by atomic mass is 10.1. The Kier molecular flexibility index (Phi) is 3.04. The molecule has 15 heavy (non-hydrogen) atoms. The number of aliphatic hydroxyl groups excluding tert-OH is 1. The van der Waals surface area contributed by atoms with E-state index < -0.39 is 5.97 Å². The summed E-state index contributed by atoms with van der Waals surface area (Å²) in [4.78, 5) is 14.5. The molecule has 0 saturated heterocycles. The van der Waals surface area contributed by atoms with E-state index in [9.17, 15) is 4.79 Å². The first-order valence-corrected chi connectivity index (χ1v) is 5.70. The van der Waals surface area contributed by atoms with Crippen molar-refractivity contribution in [2.75, 3.05) is 19.7 Å². The first-order valence-electron chi connectivity index (χ1n) is 4.89. The number of hydrogen-bond acceptors (Lipinski definition) is 4. The Hall–Kier alpha value is -0.910. The molecule has 82 valence electrons. The summed E-state index contributed by atoms with van der Waals surface area (Å²) in [5, 5.41) is 17.7. The quantitative estimate of drug-likeness (QED) is 0.801. The molecule has 2 N–H and O–H groups in total. The van der Waals surface area contributed by atoms with Crippen molar-refractivity contribution in [1.82, 2.24) is 4.90 Å². The van der Waals surface area contributed by atoms with Crippen LogP contribution in [0.25, 0.3) is 0 Å². The number of thiophene rings is 1. The van der Waals surface area contributed by atoms with E-state index in [0.717, 1.165) is 25.1 Å². The van der Waals surface area contributed by atoms with Crippen molar-refractivity contribution in [1.29, 1.82) is 0 Å². The minimum absolute atomic E-state index is 0.158. The zero-order valence-corrected chi connectivity index (χ0v) is 9.09. The maximum atomic E-state index is 10.8. The summed E-state index contributed by atoms with van der Waals surface area (Å²) in [6.07, 6.45) is 0.896. The van der Waals surface area contributed by atoms with Crippen molar-refractivity contribution in [3.05, 3.63) is 21.4 Å². The monoisotopic (exact) mass is 227 g/mol. The van der Waals surface area contributed by atoms with Gasteiger partial charge >= 0.3 is 5.97 Å². The lowest BCUT2D eigenvalue weighted by molar-refractivity contribution is 0.0702. The molecular weight excluding hydrogens is 214 g/mol. The molecule has 1 aromatic rings. The SMILES string of the molecule is O=C(O)c1cc2c(s1)CCN(CCO)C2. The Bertz CT molecular complexity index is 375. The van der Waals surface area contributed by atoms with Crippen LogP contribution in [0.2, 0.25) is 0 Å². The van der Waals surface area contributed by atoms with Crippen LogP contribution in [0.3, 0.4) is 0 Å². The number of β-amino-alcohol motifs (C(OH)–C–C–N with tert-alkyl or cyclic N) is 1. The Labute approximate surface area is 91.8 Å². The van der Waals surface area contributed by atoms with Crippen molar-refractivity contribution in [2.45, 2.75) is 13.0 Å². The van der Waals surface area contributed by atoms with Crippen LogP contribution in [-0.2, 0) is 13.0 Å². The summed E-state index contributed by atoms with van der Waals surface area (Å²) < 4.78 is 0. The number of hydrogen-bond donors (Lipinski definition) is 2. The fourth-order valence-electron chi connectivity index (χ4n) is 1.83. The van der Waals surface area contributed by atoms with Crippen LogP contribution in [0.4, 0.5) is 0 Å². The predicted octanol–water partition coefficient (Wildman–Crippen LogP) is 0.797. The Balaban J connectivity index is 2.15. The molecule has 0 aliphatic carbocycles. The number of aromatic carboxylic acids is 1. The standard InChI is InChI=1S/C10H13NO3S/c12-4-3-11-2-1-8-7(6-11)5-9(15-8)10(13)14/h5,12H,1-4,6H2,(H,13,14). The van der Waals surface area contributed by atoms with Gasteiger partial charge in [0.2, 0.25) is 0 Å². The molecular formula is C10H13NO3S. The molecule has 0 radical (unpaired) electrons. The van der Waals surface area contributed by atoms with Crippen molar-refractivity contribution in [3.8, 4) is 0 Å². The van der Waals surface area contributed by atoms with Gasteiger partial charge in [-0.05, 0) is 18.1 Å². The number of aliphatic hydroxyl groups is 1. The molecule has 0 amide bonds. The van der Waals surface area contributed by atoms with E-state index in [4.69, 9.17) is 10.2 Å². The van der Waals surface area contributed by atoms with E-state index in [1.165, 1.54) is 16.2 Å². The number of nitrogens with zero attached hydrogens (tertiary/aromatic N) is 1. The third-order valence-electron chi connectivity index (χ3n) is 2.57. The molecule has 1 aromatic heterocycles. The van der Waals surface area contributed by atoms with Gasteiger partial charge < -0.3 is 10.2 Å². The van der Waals surface area contributed by atoms with Gasteiger partial charge in [-0.3, -0.25) is 4.90 Å². The van der Waals surface area contributed by atoms with Gasteiger partial charge in [-0.1, -0.05) is 0 Å². The Morgan fingerprint density at radius 3 is 3.07 bits per heavy atom. The molecule has 1 aliphatic heterocycles. The highest BCUT2D eigenvalue weighted by Gasteiger charge is 2.20. The highest BCUT2D eigenvalue weighted by Crippen LogP contribution is 2.27. The molecule has 0 bridgehead atoms. The third-order valence-corrected chi connectivity index (χ3v) is 3.80. The van der Waals surface area contributed by atoms with Gasteiger partial charge in [-0.2, -0.15) is 0 Å². The molecule has 0 saturated carbocycles. The van der Waals surface area contributed by atoms with Crippen LogP contribution in [0, 0.1) is 0 Å². The minimum atomic E-state index is -0.844. The van der Waals surface area contributed by atoms with Crippen LogP contribution in [-0.4, -0.2) is 40.8 Å². The molecule has 0 atom stereocenters. The summed E-state index contributed by atoms with van der Waals surface area (Å²) in [5.74, 6) is -0.844. The lowest BCUT2D eigenvalue weighted by Crippen LogP contribution is -2.31. The van der Waals surface area contributed by atoms with E-state index in [1.807, 2.05) is 0 Å². The molecule has 5 heteroatoms. The van der Waals surface area contributed by atoms with Gasteiger partial charge in [0.15, 0.2) is 0 Å². The fourth-order valence-corrected chi connectivity index (χ4v) is 2.83. The summed E-state index contributed by atoms with van der Waals surface area (Å²) in [6, 6.07) is 1.76. The zero-order chi connectivity index (χ0) is 10.8. The van der Waals surface area contributed by atoms with Gasteiger partial charge in [0.25, 0.3) is 0 Å². The first-order chi connectivity index (χ1) is 7.20. The molecule has 0 aromatic carbocycles. The van der Waals surface area contributed by atoms with Crippen molar-refractivity contribution >= 4 is 17.3 Å². The van der Waals surface area contributed by atoms with Crippen LogP contribution in [0.5, 0.6) is 0 Å². The minimum Gasteiger partial charge on any atom is -0.477 e. The van der Waals surface area contributed by atoms with E-state index in [-0.39, 0.29) is 6.61 Å². The summed E-state index contributed by atoms with van der Waals surface area (Å²) in [7, 11) is 0. The highest BCUT2D eigenvalue weighted by atomic mass is 32.1. The second-order valence-corrected chi connectivity index (χ2v) is 4.75. The van der Waals surface area contributed by atoms with Gasteiger partial charge in [-0.25, -0.2) is 4.79 Å². The zero-order valence-electron chi connectivity index (χ0n) is 8.27. The topological polar surface area (TPSA) is 60.8 Å². The molecule has 1 aliphatic rings. The summed E-state index contributed by atoms with van der Waals surface area (Å²) in [6.45, 7) is 2.50. The number of carbonyl (C=O) groups is 1. The maximum absolute atomic E-state index is 10.8. The van der Waals surface area contributed by atoms with Gasteiger partial charge in [0.05, 0.1) is 6.61 Å². The second-order valence-electron chi connectivity index (χ2n) is 3.61. The summed E-state index contributed by atoms with van der Waals surface area (Å²) >= 11 is 1.37. The van der Waals surface area contributed by atoms with E-state index >= 15 is 0 Å². The van der Waals surface area contributed by atoms with Crippen LogP contribution >= 0.6 is 11.3 Å². The lowest BCUT2D eigenvalue weighted by Gasteiger charge is -2.25. The highest BCUT2D eigenvalue weighted by molar-refractivity contribution is 7.14. The number of carboxylic acids is 1. The molecule has 2 rings (SSSR count). The Morgan fingerprint density at radius 2 is 2.40 bits per heavy atom. The van der Waals surface area contributed by atoms with E-state index in [1.54, 1.807) is 6.07 Å². The average Bonchev–Trinajstić information content (AvgIpc) is 2.61. The molecule has 0 unspecified atom stereocenters. The number of rotatable bonds is 3. The predicted molar refractivity (Wildman–Crippen MR) is 57.3 cm³/mol. The first kappa shape index (κ1) is 10.6. The maximum Gasteiger partial charge on any atom is 0.345 e. The number of fused-ring (bicyclic) bond motifs is 1. The largest absolute Gasteiger partial charge is 0.477 e. The van der Waals surface area contributed by atoms with Gasteiger partial charge in [0.1, 0.15) is 4.88 Å². The second kappa shape index (κ2) is 4.30. The van der Waals surface area contributed by atoms with Crippen molar-refractivity contribution in [3.63, 3.8) is 0 Å². The summed E-state index contributed by atoms with van der Waals surface area (Å²) in [5.41, 5.74) is 1.11. The van der Waals surface area contributed by atoms with E-state index in [0.29, 0.717) is 11.4 Å². The molecule has 4 nitrogen and oxygen atoms in total. The normalized spacial score (nSPS) is 16.3. The molecule has 0 fully saturated rings. The van der Waals surface area contributed by atoms with Crippen molar-refractivity contribution < 1.29 is 15.0 Å². The van der Waals surface area contributed by atoms with Crippen LogP contribution < -0.4 is 0 Å². The van der Waals surface area contributed by atoms with Crippen LogP contribution in [0.15, 0.2) is 6.07 Å². The average molecular weight is 227 g/mol. The number of carboxylic acid groups (broad SMARTS) is 1. The smallest absolute Gasteiger partial charge is 0.345 e. The van der Waals surface area contributed by atoms with Crippen molar-refractivity contribution in [2.24, 2.45) is 0 Å². The molecule has 2 heterocycles. The fraction of sp³-hybridized carbons (Fsp3) is 0.500. The van der Waals surface area contributed by atoms with E-state index in [2.05, 4.69) is 4.90 Å². The van der Waals surface area contributed by atoms with Crippen LogP contribution in [0.1, 0.15) is 20.1 Å². The Morgan fingerprint density at radius 1 is 1.60 bits per heavy atom. The van der Waals surface area contributed by atoms with Gasteiger partial charge in [0, 0.05) is 24.5 Å². The van der Waals surface area contributed by atoms with Gasteiger partial charge in [-0.15, -0.1) is 11.3 Å².